The molecule has 0 aliphatic carbocycles. The van der Waals surface area contributed by atoms with Gasteiger partial charge in [0.1, 0.15) is 6.23 Å². The molecule has 5 heteroatoms. The van der Waals surface area contributed by atoms with Crippen LogP contribution >= 0.6 is 0 Å². The van der Waals surface area contributed by atoms with Gasteiger partial charge >= 0.3 is 0 Å². The molecule has 94 valence electrons. The van der Waals surface area contributed by atoms with Crippen LogP contribution in [0.4, 0.5) is 0 Å². The highest BCUT2D eigenvalue weighted by atomic mass is 16.5. The van der Waals surface area contributed by atoms with Crippen LogP contribution in [0.2, 0.25) is 0 Å². The number of carbonyl (C=O) groups is 1. The van der Waals surface area contributed by atoms with E-state index in [1.165, 1.54) is 0 Å². The lowest BCUT2D eigenvalue weighted by molar-refractivity contribution is -0.144. The second-order valence-corrected chi connectivity index (χ2v) is 4.60. The number of hydrogen-bond donors (Lipinski definition) is 3. The fourth-order valence-corrected chi connectivity index (χ4v) is 2.14. The highest BCUT2D eigenvalue weighted by Gasteiger charge is 2.43. The Morgan fingerprint density at radius 1 is 1.44 bits per heavy atom. The summed E-state index contributed by atoms with van der Waals surface area (Å²) < 4.78 is 5.26. The van der Waals surface area contributed by atoms with E-state index in [9.17, 15) is 9.90 Å². The zero-order valence-corrected chi connectivity index (χ0v) is 9.90. The van der Waals surface area contributed by atoms with E-state index in [0.29, 0.717) is 26.1 Å². The lowest BCUT2D eigenvalue weighted by atomic mass is 9.70. The Balaban J connectivity index is 2.72. The van der Waals surface area contributed by atoms with Crippen LogP contribution in [0.1, 0.15) is 26.7 Å². The van der Waals surface area contributed by atoms with Gasteiger partial charge < -0.3 is 20.3 Å². The number of ether oxygens (including phenoxy) is 1. The molecule has 0 saturated carbocycles. The molecule has 3 N–H and O–H groups in total. The lowest BCUT2D eigenvalue weighted by Gasteiger charge is -2.39. The highest BCUT2D eigenvalue weighted by molar-refractivity contribution is 5.83. The number of carbonyl (C=O) groups excluding carboxylic acids is 1. The van der Waals surface area contributed by atoms with E-state index < -0.39 is 18.2 Å². The Hall–Kier alpha value is -0.650. The van der Waals surface area contributed by atoms with Crippen molar-refractivity contribution in [2.24, 2.45) is 11.3 Å². The molecule has 1 amide bonds. The molecule has 0 bridgehead atoms. The minimum absolute atomic E-state index is 0.183. The number of hydrogen-bond acceptors (Lipinski definition) is 4. The molecular weight excluding hydrogens is 210 g/mol. The van der Waals surface area contributed by atoms with Crippen LogP contribution in [0.15, 0.2) is 0 Å². The van der Waals surface area contributed by atoms with E-state index in [1.807, 2.05) is 13.8 Å². The van der Waals surface area contributed by atoms with Crippen LogP contribution in [0.3, 0.4) is 0 Å². The molecule has 1 saturated heterocycles. The van der Waals surface area contributed by atoms with Gasteiger partial charge in [0.15, 0.2) is 0 Å². The van der Waals surface area contributed by atoms with E-state index in [2.05, 4.69) is 5.32 Å². The molecule has 0 aromatic heterocycles. The van der Waals surface area contributed by atoms with Gasteiger partial charge in [-0.2, -0.15) is 0 Å². The Labute approximate surface area is 95.8 Å². The van der Waals surface area contributed by atoms with Gasteiger partial charge in [0.25, 0.3) is 0 Å². The third-order valence-corrected chi connectivity index (χ3v) is 3.41. The van der Waals surface area contributed by atoms with Crippen molar-refractivity contribution in [3.8, 4) is 0 Å². The summed E-state index contributed by atoms with van der Waals surface area (Å²) in [7, 11) is 0. The zero-order chi connectivity index (χ0) is 12.2. The summed E-state index contributed by atoms with van der Waals surface area (Å²) in [5.41, 5.74) is -0.478. The Bertz CT molecular complexity index is 236. The first-order valence-corrected chi connectivity index (χ1v) is 5.70. The van der Waals surface area contributed by atoms with Crippen molar-refractivity contribution in [1.82, 2.24) is 5.32 Å². The highest BCUT2D eigenvalue weighted by Crippen LogP contribution is 2.38. The smallest absolute Gasteiger partial charge is 0.228 e. The quantitative estimate of drug-likeness (QED) is 0.589. The number of aliphatic hydroxyl groups excluding tert-OH is 2. The van der Waals surface area contributed by atoms with Gasteiger partial charge in [-0.25, -0.2) is 0 Å². The van der Waals surface area contributed by atoms with Crippen LogP contribution in [0.25, 0.3) is 0 Å². The molecule has 1 aliphatic rings. The predicted octanol–water partition coefficient (Wildman–Crippen LogP) is -0.134. The van der Waals surface area contributed by atoms with E-state index in [0.717, 1.165) is 0 Å². The molecule has 0 radical (unpaired) electrons. The molecule has 0 spiro atoms. The second kappa shape index (κ2) is 5.61. The first kappa shape index (κ1) is 13.4. The molecule has 1 fully saturated rings. The third-order valence-electron chi connectivity index (χ3n) is 3.41. The predicted molar refractivity (Wildman–Crippen MR) is 58.6 cm³/mol. The van der Waals surface area contributed by atoms with Gasteiger partial charge in [0.05, 0.1) is 12.0 Å². The fraction of sp³-hybridized carbons (Fsp3) is 0.909. The van der Waals surface area contributed by atoms with Crippen LogP contribution in [-0.4, -0.2) is 42.2 Å². The van der Waals surface area contributed by atoms with Gasteiger partial charge in [-0.05, 0) is 18.8 Å². The minimum atomic E-state index is -1.18. The number of aliphatic hydroxyl groups is 2. The minimum Gasteiger partial charge on any atom is -0.392 e. The maximum atomic E-state index is 12.1. The first-order chi connectivity index (χ1) is 7.53. The number of rotatable bonds is 4. The normalized spacial score (nSPS) is 21.8. The molecular formula is C11H21NO4. The van der Waals surface area contributed by atoms with Gasteiger partial charge in [0.2, 0.25) is 5.91 Å². The first-order valence-electron chi connectivity index (χ1n) is 5.70. The number of nitrogens with one attached hydrogen (secondary N) is 1. The lowest BCUT2D eigenvalue weighted by Crippen LogP contribution is -2.51. The van der Waals surface area contributed by atoms with Crippen LogP contribution < -0.4 is 5.32 Å². The summed E-state index contributed by atoms with van der Waals surface area (Å²) >= 11 is 0. The number of amides is 1. The molecule has 1 unspecified atom stereocenters. The Kier molecular flexibility index (Phi) is 4.70. The van der Waals surface area contributed by atoms with Crippen LogP contribution in [0.5, 0.6) is 0 Å². The van der Waals surface area contributed by atoms with E-state index >= 15 is 0 Å². The van der Waals surface area contributed by atoms with Crippen molar-refractivity contribution >= 4 is 5.91 Å². The van der Waals surface area contributed by atoms with Crippen molar-refractivity contribution in [1.29, 1.82) is 0 Å². The standard InChI is InChI=1S/C11H21NO4/c1-8(2)11(3-5-16-6-4-11)10(15)12-9(14)7-13/h8-9,13-14H,3-7H2,1-2H3,(H,12,15). The summed E-state index contributed by atoms with van der Waals surface area (Å²) in [6.07, 6.45) is 0.148. The summed E-state index contributed by atoms with van der Waals surface area (Å²) in [6, 6.07) is 0. The van der Waals surface area contributed by atoms with Gasteiger partial charge in [0, 0.05) is 13.2 Å². The third kappa shape index (κ3) is 2.72. The van der Waals surface area contributed by atoms with Crippen molar-refractivity contribution in [3.63, 3.8) is 0 Å². The maximum absolute atomic E-state index is 12.1. The Morgan fingerprint density at radius 3 is 2.44 bits per heavy atom. The van der Waals surface area contributed by atoms with Crippen molar-refractivity contribution in [2.45, 2.75) is 32.9 Å². The monoisotopic (exact) mass is 231 g/mol. The summed E-state index contributed by atoms with van der Waals surface area (Å²) in [5.74, 6) is -0.00496. The van der Waals surface area contributed by atoms with E-state index in [-0.39, 0.29) is 11.8 Å². The fourth-order valence-electron chi connectivity index (χ4n) is 2.14. The molecule has 5 nitrogen and oxygen atoms in total. The average molecular weight is 231 g/mol. The topological polar surface area (TPSA) is 78.8 Å². The van der Waals surface area contributed by atoms with Crippen molar-refractivity contribution in [2.75, 3.05) is 19.8 Å². The largest absolute Gasteiger partial charge is 0.392 e. The van der Waals surface area contributed by atoms with Crippen LogP contribution in [-0.2, 0) is 9.53 Å². The molecule has 16 heavy (non-hydrogen) atoms. The molecule has 1 atom stereocenters. The summed E-state index contributed by atoms with van der Waals surface area (Å²) in [4.78, 5) is 12.1. The molecule has 1 rings (SSSR count). The molecule has 1 aliphatic heterocycles. The second-order valence-electron chi connectivity index (χ2n) is 4.60. The SMILES string of the molecule is CC(C)C1(C(=O)NC(O)CO)CCOCC1. The van der Waals surface area contributed by atoms with E-state index in [4.69, 9.17) is 9.84 Å². The molecule has 0 aromatic carbocycles. The molecule has 0 aromatic rings. The van der Waals surface area contributed by atoms with Crippen molar-refractivity contribution in [3.05, 3.63) is 0 Å². The van der Waals surface area contributed by atoms with Gasteiger partial charge in [-0.1, -0.05) is 13.8 Å². The van der Waals surface area contributed by atoms with Gasteiger partial charge in [-0.15, -0.1) is 0 Å². The average Bonchev–Trinajstić information content (AvgIpc) is 2.29. The zero-order valence-electron chi connectivity index (χ0n) is 9.90. The van der Waals surface area contributed by atoms with E-state index in [1.54, 1.807) is 0 Å². The Morgan fingerprint density at radius 2 is 2.00 bits per heavy atom. The van der Waals surface area contributed by atoms with Crippen molar-refractivity contribution < 1.29 is 19.7 Å². The van der Waals surface area contributed by atoms with Gasteiger partial charge in [-0.3, -0.25) is 4.79 Å². The molecule has 1 heterocycles. The summed E-state index contributed by atoms with van der Waals surface area (Å²) in [5, 5.41) is 20.4. The summed E-state index contributed by atoms with van der Waals surface area (Å²) in [6.45, 7) is 4.67. The van der Waals surface area contributed by atoms with Crippen LogP contribution in [0, 0.1) is 11.3 Å². The maximum Gasteiger partial charge on any atom is 0.228 e.